The highest BCUT2D eigenvalue weighted by Gasteiger charge is 2.19. The molecule has 1 amide bonds. The largest absolute Gasteiger partial charge is 0.322 e. The molecule has 1 N–H and O–H groups in total. The molecule has 0 radical (unpaired) electrons. The number of rotatable bonds is 6. The molecule has 0 aliphatic heterocycles. The molecular weight excluding hydrogens is 370 g/mol. The number of aromatic nitrogens is 2. The molecule has 4 nitrogen and oxygen atoms in total. The summed E-state index contributed by atoms with van der Waals surface area (Å²) in [4.78, 5) is 13.2. The fourth-order valence-electron chi connectivity index (χ4n) is 3.50. The third kappa shape index (κ3) is 4.33. The van der Waals surface area contributed by atoms with E-state index in [1.165, 1.54) is 5.56 Å². The molecule has 0 aliphatic carbocycles. The van der Waals surface area contributed by atoms with Crippen LogP contribution in [0, 0.1) is 6.92 Å². The van der Waals surface area contributed by atoms with E-state index in [-0.39, 0.29) is 5.91 Å². The molecule has 0 atom stereocenters. The van der Waals surface area contributed by atoms with E-state index in [1.807, 2.05) is 84.5 Å². The van der Waals surface area contributed by atoms with Gasteiger partial charge in [0.05, 0.1) is 12.1 Å². The van der Waals surface area contributed by atoms with Crippen LogP contribution in [0.3, 0.4) is 0 Å². The van der Waals surface area contributed by atoms with Gasteiger partial charge in [0, 0.05) is 17.4 Å². The van der Waals surface area contributed by atoms with Crippen molar-refractivity contribution in [1.82, 2.24) is 9.78 Å². The maximum absolute atomic E-state index is 13.2. The van der Waals surface area contributed by atoms with Gasteiger partial charge in [0.1, 0.15) is 5.69 Å². The monoisotopic (exact) mass is 395 g/mol. The molecule has 0 saturated heterocycles. The minimum atomic E-state index is -0.147. The first-order valence-corrected chi connectivity index (χ1v) is 10.2. The smallest absolute Gasteiger partial charge is 0.259 e. The first-order chi connectivity index (χ1) is 14.6. The van der Waals surface area contributed by atoms with Crippen molar-refractivity contribution in [3.63, 3.8) is 0 Å². The Kier molecular flexibility index (Phi) is 5.75. The maximum Gasteiger partial charge on any atom is 0.259 e. The van der Waals surface area contributed by atoms with Crippen LogP contribution in [-0.4, -0.2) is 15.7 Å². The number of nitrogens with one attached hydrogen (secondary N) is 1. The van der Waals surface area contributed by atoms with Gasteiger partial charge >= 0.3 is 0 Å². The zero-order chi connectivity index (χ0) is 20.9. The van der Waals surface area contributed by atoms with Crippen molar-refractivity contribution < 1.29 is 4.79 Å². The zero-order valence-electron chi connectivity index (χ0n) is 17.3. The van der Waals surface area contributed by atoms with E-state index in [0.29, 0.717) is 17.8 Å². The molecule has 0 aliphatic rings. The lowest BCUT2D eigenvalue weighted by Crippen LogP contribution is -2.13. The summed E-state index contributed by atoms with van der Waals surface area (Å²) < 4.78 is 1.84. The molecule has 150 valence electrons. The minimum Gasteiger partial charge on any atom is -0.322 e. The number of hydrogen-bond donors (Lipinski definition) is 1. The number of carbonyl (C=O) groups excluding carboxylic acids is 1. The fraction of sp³-hybridized carbons (Fsp3) is 0.154. The molecule has 1 aromatic heterocycles. The predicted octanol–water partition coefficient (Wildman–Crippen LogP) is 5.72. The Hall–Kier alpha value is -3.66. The first-order valence-electron chi connectivity index (χ1n) is 10.2. The summed E-state index contributed by atoms with van der Waals surface area (Å²) in [5.41, 5.74) is 6.46. The Balaban J connectivity index is 1.70. The van der Waals surface area contributed by atoms with E-state index >= 15 is 0 Å². The van der Waals surface area contributed by atoms with Gasteiger partial charge < -0.3 is 5.32 Å². The van der Waals surface area contributed by atoms with Crippen LogP contribution in [0.1, 0.15) is 34.0 Å². The van der Waals surface area contributed by atoms with Crippen LogP contribution in [0.25, 0.3) is 11.3 Å². The predicted molar refractivity (Wildman–Crippen MR) is 122 cm³/mol. The van der Waals surface area contributed by atoms with Gasteiger partial charge in [0.2, 0.25) is 0 Å². The van der Waals surface area contributed by atoms with Crippen LogP contribution in [0.5, 0.6) is 0 Å². The number of anilines is 1. The van der Waals surface area contributed by atoms with Gasteiger partial charge in [-0.3, -0.25) is 9.48 Å². The normalized spacial score (nSPS) is 10.7. The lowest BCUT2D eigenvalue weighted by atomic mass is 10.1. The number of para-hydroxylation sites is 1. The van der Waals surface area contributed by atoms with Crippen LogP contribution < -0.4 is 5.32 Å². The molecule has 0 unspecified atom stereocenters. The van der Waals surface area contributed by atoms with Crippen LogP contribution in [0.4, 0.5) is 5.69 Å². The summed E-state index contributed by atoms with van der Waals surface area (Å²) in [6.45, 7) is 4.74. The van der Waals surface area contributed by atoms with Crippen LogP contribution >= 0.6 is 0 Å². The van der Waals surface area contributed by atoms with Crippen molar-refractivity contribution in [3.8, 4) is 11.3 Å². The third-order valence-electron chi connectivity index (χ3n) is 5.17. The van der Waals surface area contributed by atoms with Gasteiger partial charge in [-0.1, -0.05) is 85.3 Å². The highest BCUT2D eigenvalue weighted by atomic mass is 16.1. The SMILES string of the molecule is CCc1ccccc1NC(=O)c1cn(Cc2ccccc2)nc1-c1ccc(C)cc1. The number of aryl methyl sites for hydroxylation is 2. The highest BCUT2D eigenvalue weighted by Crippen LogP contribution is 2.25. The number of hydrogen-bond acceptors (Lipinski definition) is 2. The van der Waals surface area contributed by atoms with Gasteiger partial charge in [0.25, 0.3) is 5.91 Å². The lowest BCUT2D eigenvalue weighted by molar-refractivity contribution is 0.102. The molecule has 0 saturated carbocycles. The Morgan fingerprint density at radius 3 is 2.37 bits per heavy atom. The van der Waals surface area contributed by atoms with E-state index in [0.717, 1.165) is 28.8 Å². The van der Waals surface area contributed by atoms with Crippen molar-refractivity contribution in [2.75, 3.05) is 5.32 Å². The molecule has 4 aromatic rings. The Morgan fingerprint density at radius 1 is 0.933 bits per heavy atom. The third-order valence-corrected chi connectivity index (χ3v) is 5.17. The molecule has 0 bridgehead atoms. The summed E-state index contributed by atoms with van der Waals surface area (Å²) in [7, 11) is 0. The summed E-state index contributed by atoms with van der Waals surface area (Å²) in [6, 6.07) is 26.2. The number of carbonyl (C=O) groups is 1. The maximum atomic E-state index is 13.2. The van der Waals surface area contributed by atoms with Crippen molar-refractivity contribution in [1.29, 1.82) is 0 Å². The number of amides is 1. The summed E-state index contributed by atoms with van der Waals surface area (Å²) in [5.74, 6) is -0.147. The summed E-state index contributed by atoms with van der Waals surface area (Å²) >= 11 is 0. The van der Waals surface area contributed by atoms with E-state index in [1.54, 1.807) is 0 Å². The first kappa shape index (κ1) is 19.6. The quantitative estimate of drug-likeness (QED) is 0.454. The van der Waals surface area contributed by atoms with Gasteiger partial charge in [0.15, 0.2) is 0 Å². The molecule has 1 heterocycles. The van der Waals surface area contributed by atoms with Crippen LogP contribution in [0.15, 0.2) is 85.1 Å². The fourth-order valence-corrected chi connectivity index (χ4v) is 3.50. The lowest BCUT2D eigenvalue weighted by Gasteiger charge is -2.09. The molecule has 3 aromatic carbocycles. The Bertz CT molecular complexity index is 1140. The second-order valence-electron chi connectivity index (χ2n) is 7.41. The average Bonchev–Trinajstić information content (AvgIpc) is 3.19. The van der Waals surface area contributed by atoms with Gasteiger partial charge in [-0.25, -0.2) is 0 Å². The molecule has 4 heteroatoms. The highest BCUT2D eigenvalue weighted by molar-refractivity contribution is 6.08. The minimum absolute atomic E-state index is 0.147. The van der Waals surface area contributed by atoms with Gasteiger partial charge in [-0.2, -0.15) is 5.10 Å². The standard InChI is InChI=1S/C26H25N3O/c1-3-21-11-7-8-12-24(21)27-26(30)23-18-29(17-20-9-5-4-6-10-20)28-25(23)22-15-13-19(2)14-16-22/h4-16,18H,3,17H2,1-2H3,(H,27,30). The average molecular weight is 396 g/mol. The molecule has 4 rings (SSSR count). The van der Waals surface area contributed by atoms with Crippen LogP contribution in [-0.2, 0) is 13.0 Å². The van der Waals surface area contributed by atoms with Gasteiger partial charge in [-0.05, 0) is 30.5 Å². The van der Waals surface area contributed by atoms with E-state index in [9.17, 15) is 4.79 Å². The van der Waals surface area contributed by atoms with Crippen molar-refractivity contribution in [3.05, 3.63) is 107 Å². The second-order valence-corrected chi connectivity index (χ2v) is 7.41. The van der Waals surface area contributed by atoms with Crippen molar-refractivity contribution in [2.45, 2.75) is 26.8 Å². The topological polar surface area (TPSA) is 46.9 Å². The second kappa shape index (κ2) is 8.78. The number of benzene rings is 3. The molecule has 30 heavy (non-hydrogen) atoms. The number of nitrogens with zero attached hydrogens (tertiary/aromatic N) is 2. The Morgan fingerprint density at radius 2 is 1.63 bits per heavy atom. The van der Waals surface area contributed by atoms with Crippen molar-refractivity contribution >= 4 is 11.6 Å². The van der Waals surface area contributed by atoms with Gasteiger partial charge in [-0.15, -0.1) is 0 Å². The summed E-state index contributed by atoms with van der Waals surface area (Å²) in [6.07, 6.45) is 2.70. The Labute approximate surface area is 177 Å². The molecule has 0 spiro atoms. The van der Waals surface area contributed by atoms with E-state index < -0.39 is 0 Å². The van der Waals surface area contributed by atoms with Crippen LogP contribution in [0.2, 0.25) is 0 Å². The zero-order valence-corrected chi connectivity index (χ0v) is 17.3. The molecule has 0 fully saturated rings. The molecular formula is C26H25N3O. The van der Waals surface area contributed by atoms with E-state index in [2.05, 4.69) is 24.4 Å². The summed E-state index contributed by atoms with van der Waals surface area (Å²) in [5, 5.41) is 7.85. The van der Waals surface area contributed by atoms with E-state index in [4.69, 9.17) is 5.10 Å². The van der Waals surface area contributed by atoms with Crippen molar-refractivity contribution in [2.24, 2.45) is 0 Å².